The monoisotopic (exact) mass is 626 g/mol. The van der Waals surface area contributed by atoms with E-state index < -0.39 is 34.2 Å². The average molecular weight is 627 g/mol. The van der Waals surface area contributed by atoms with E-state index in [-0.39, 0.29) is 29.6 Å². The van der Waals surface area contributed by atoms with Crippen LogP contribution >= 0.6 is 0 Å². The van der Waals surface area contributed by atoms with Gasteiger partial charge in [-0.25, -0.2) is 4.79 Å². The summed E-state index contributed by atoms with van der Waals surface area (Å²) in [6, 6.07) is 26.5. The number of nitro benzene ring substituents is 1. The molecule has 0 radical (unpaired) electrons. The van der Waals surface area contributed by atoms with Crippen molar-refractivity contribution in [1.29, 1.82) is 0 Å². The number of carbonyl (C=O) groups excluding carboxylic acids is 1. The van der Waals surface area contributed by atoms with E-state index in [1.54, 1.807) is 19.9 Å². The van der Waals surface area contributed by atoms with Gasteiger partial charge in [0.1, 0.15) is 0 Å². The van der Waals surface area contributed by atoms with E-state index >= 15 is 0 Å². The van der Waals surface area contributed by atoms with Gasteiger partial charge in [0.15, 0.2) is 0 Å². The molecule has 4 unspecified atom stereocenters. The summed E-state index contributed by atoms with van der Waals surface area (Å²) in [7, 11) is 1.26. The molecule has 2 aliphatic rings. The molecule has 3 N–H and O–H groups in total. The molecule has 242 valence electrons. The zero-order chi connectivity index (χ0) is 32.8. The molecular formula is C36H42N4O6. The van der Waals surface area contributed by atoms with Crippen molar-refractivity contribution in [3.8, 4) is 0 Å². The number of allylic oxidation sites excluding steroid dienone is 1. The van der Waals surface area contributed by atoms with Crippen molar-refractivity contribution in [3.63, 3.8) is 0 Å². The Morgan fingerprint density at radius 3 is 2.30 bits per heavy atom. The van der Waals surface area contributed by atoms with Crippen LogP contribution in [0.15, 0.2) is 96.2 Å². The highest BCUT2D eigenvalue weighted by atomic mass is 16.6. The summed E-state index contributed by atoms with van der Waals surface area (Å²) in [6.07, 6.45) is 0.790. The molecule has 0 saturated carbocycles. The van der Waals surface area contributed by atoms with Gasteiger partial charge in [-0.15, -0.1) is 0 Å². The number of carboxylic acid groups (broad SMARTS) is 1. The number of hydrogen-bond donors (Lipinski definition) is 3. The number of benzene rings is 3. The van der Waals surface area contributed by atoms with Crippen LogP contribution in [0.1, 0.15) is 55.2 Å². The number of esters is 1. The maximum atomic E-state index is 13.4. The molecule has 0 spiro atoms. The number of nitro groups is 1. The smallest absolute Gasteiger partial charge is 0.336 e. The van der Waals surface area contributed by atoms with Crippen LogP contribution in [0, 0.1) is 15.5 Å². The summed E-state index contributed by atoms with van der Waals surface area (Å²) in [5.74, 6) is -2.53. The van der Waals surface area contributed by atoms with E-state index in [2.05, 4.69) is 64.1 Å². The topological polar surface area (TPSA) is 134 Å². The van der Waals surface area contributed by atoms with Crippen molar-refractivity contribution < 1.29 is 24.4 Å². The fraction of sp³-hybridized carbons (Fsp3) is 0.389. The van der Waals surface area contributed by atoms with Crippen molar-refractivity contribution in [2.45, 2.75) is 50.6 Å². The van der Waals surface area contributed by atoms with Crippen molar-refractivity contribution in [2.24, 2.45) is 5.41 Å². The zero-order valence-corrected chi connectivity index (χ0v) is 26.5. The molecule has 3 aromatic rings. The van der Waals surface area contributed by atoms with Crippen LogP contribution in [0.4, 0.5) is 5.69 Å². The molecule has 2 heterocycles. The van der Waals surface area contributed by atoms with E-state index in [1.807, 2.05) is 12.1 Å². The van der Waals surface area contributed by atoms with Gasteiger partial charge in [-0.3, -0.25) is 14.9 Å². The van der Waals surface area contributed by atoms with Crippen LogP contribution in [0.2, 0.25) is 0 Å². The Hall–Kier alpha value is -4.54. The predicted octanol–water partition coefficient (Wildman–Crippen LogP) is 5.07. The summed E-state index contributed by atoms with van der Waals surface area (Å²) in [4.78, 5) is 40.2. The maximum Gasteiger partial charge on any atom is 0.336 e. The Morgan fingerprint density at radius 1 is 1.07 bits per heavy atom. The van der Waals surface area contributed by atoms with Gasteiger partial charge in [0.05, 0.1) is 23.0 Å². The second-order valence-corrected chi connectivity index (χ2v) is 12.3. The molecule has 4 atom stereocenters. The van der Waals surface area contributed by atoms with E-state index in [1.165, 1.54) is 36.4 Å². The van der Waals surface area contributed by atoms with Gasteiger partial charge in [-0.1, -0.05) is 72.8 Å². The molecule has 1 saturated heterocycles. The Bertz CT molecular complexity index is 1540. The third-order valence-electron chi connectivity index (χ3n) is 9.71. The number of nitrogens with zero attached hydrogens (tertiary/aromatic N) is 2. The number of carboxylic acids is 1. The van der Waals surface area contributed by atoms with Gasteiger partial charge in [0.2, 0.25) is 0 Å². The highest BCUT2D eigenvalue weighted by Gasteiger charge is 2.56. The Morgan fingerprint density at radius 2 is 1.72 bits per heavy atom. The standard InChI is InChI=1S/C36H42N4O6/c1-24-31(34(41)46-3)33(28-16-10-17-29(22-28)40(44)45)36(35(42)43,25(2)38-24)18-11-20-39-21-19-37-30(23-39)32(26-12-6-4-7-13-26)27-14-8-5-9-15-27/h4-10,12-17,22,25,30,32-33,37-38H,11,18-21,23H2,1-3H3,(H,42,43). The number of nitrogens with one attached hydrogen (secondary N) is 2. The van der Waals surface area contributed by atoms with Crippen molar-refractivity contribution in [1.82, 2.24) is 15.5 Å². The molecule has 0 aliphatic carbocycles. The third-order valence-corrected chi connectivity index (χ3v) is 9.71. The number of methoxy groups -OCH3 is 1. The van der Waals surface area contributed by atoms with Crippen molar-refractivity contribution >= 4 is 17.6 Å². The lowest BCUT2D eigenvalue weighted by molar-refractivity contribution is -0.384. The van der Waals surface area contributed by atoms with Gasteiger partial charge >= 0.3 is 11.9 Å². The second-order valence-electron chi connectivity index (χ2n) is 12.3. The summed E-state index contributed by atoms with van der Waals surface area (Å²) in [6.45, 7) is 6.59. The van der Waals surface area contributed by atoms with E-state index in [0.717, 1.165) is 19.6 Å². The molecule has 5 rings (SSSR count). The molecule has 0 bridgehead atoms. The van der Waals surface area contributed by atoms with Gasteiger partial charge in [-0.05, 0) is 49.9 Å². The zero-order valence-electron chi connectivity index (χ0n) is 26.5. The molecule has 3 aromatic carbocycles. The van der Waals surface area contributed by atoms with Crippen LogP contribution in [0.25, 0.3) is 0 Å². The van der Waals surface area contributed by atoms with Crippen LogP contribution in [-0.2, 0) is 14.3 Å². The largest absolute Gasteiger partial charge is 0.481 e. The number of hydrogen-bond acceptors (Lipinski definition) is 8. The average Bonchev–Trinajstić information content (AvgIpc) is 3.06. The fourth-order valence-corrected chi connectivity index (χ4v) is 7.54. The third kappa shape index (κ3) is 6.54. The first-order chi connectivity index (χ1) is 22.2. The summed E-state index contributed by atoms with van der Waals surface area (Å²) in [5.41, 5.74) is 1.92. The minimum absolute atomic E-state index is 0.145. The molecule has 1 fully saturated rings. The van der Waals surface area contributed by atoms with Gasteiger partial charge in [0.25, 0.3) is 5.69 Å². The normalized spacial score (nSPS) is 23.5. The first-order valence-electron chi connectivity index (χ1n) is 15.8. The molecule has 2 aliphatic heterocycles. The highest BCUT2D eigenvalue weighted by Crippen LogP contribution is 2.51. The SMILES string of the molecule is COC(=O)C1=C(C)NC(C)C(CCCN2CCNC(C(c3ccccc3)c3ccccc3)C2)(C(=O)O)C1c1cccc([N+](=O)[O-])c1. The minimum Gasteiger partial charge on any atom is -0.481 e. The lowest BCUT2D eigenvalue weighted by atomic mass is 9.60. The Labute approximate surface area is 269 Å². The number of piperazine rings is 1. The van der Waals surface area contributed by atoms with E-state index in [0.29, 0.717) is 24.2 Å². The van der Waals surface area contributed by atoms with E-state index in [9.17, 15) is 24.8 Å². The lowest BCUT2D eigenvalue weighted by Crippen LogP contribution is -2.57. The van der Waals surface area contributed by atoms with Crippen molar-refractivity contribution in [2.75, 3.05) is 33.3 Å². The van der Waals surface area contributed by atoms with Gasteiger partial charge in [-0.2, -0.15) is 0 Å². The number of ether oxygens (including phenoxy) is 1. The quantitative estimate of drug-likeness (QED) is 0.151. The number of rotatable bonds is 11. The number of aliphatic carboxylic acids is 1. The van der Waals surface area contributed by atoms with Crippen molar-refractivity contribution in [3.05, 3.63) is 123 Å². The van der Waals surface area contributed by atoms with Gasteiger partial charge in [0, 0.05) is 61.4 Å². The summed E-state index contributed by atoms with van der Waals surface area (Å²) >= 11 is 0. The first kappa shape index (κ1) is 32.8. The first-order valence-corrected chi connectivity index (χ1v) is 15.8. The van der Waals surface area contributed by atoms with Crippen LogP contribution in [-0.4, -0.2) is 72.2 Å². The summed E-state index contributed by atoms with van der Waals surface area (Å²) in [5, 5.41) is 29.6. The van der Waals surface area contributed by atoms with E-state index in [4.69, 9.17) is 4.74 Å². The van der Waals surface area contributed by atoms with Crippen LogP contribution in [0.3, 0.4) is 0 Å². The molecule has 46 heavy (non-hydrogen) atoms. The Kier molecular flexibility index (Phi) is 10.2. The minimum atomic E-state index is -1.47. The van der Waals surface area contributed by atoms with Crippen LogP contribution < -0.4 is 10.6 Å². The molecular weight excluding hydrogens is 584 g/mol. The predicted molar refractivity (Wildman–Crippen MR) is 175 cm³/mol. The Balaban J connectivity index is 1.42. The molecule has 10 heteroatoms. The van der Waals surface area contributed by atoms with Crippen LogP contribution in [0.5, 0.6) is 0 Å². The summed E-state index contributed by atoms with van der Waals surface area (Å²) < 4.78 is 5.13. The number of non-ortho nitro benzene ring substituents is 1. The van der Waals surface area contributed by atoms with Gasteiger partial charge < -0.3 is 25.4 Å². The molecule has 0 amide bonds. The molecule has 0 aromatic heterocycles. The fourth-order valence-electron chi connectivity index (χ4n) is 7.54. The number of carbonyl (C=O) groups is 2. The molecule has 10 nitrogen and oxygen atoms in total. The lowest BCUT2D eigenvalue weighted by Gasteiger charge is -2.47. The highest BCUT2D eigenvalue weighted by molar-refractivity contribution is 5.94. The maximum absolute atomic E-state index is 13.4. The second kappa shape index (κ2) is 14.3.